The highest BCUT2D eigenvalue weighted by Crippen LogP contribution is 2.27. The van der Waals surface area contributed by atoms with Gasteiger partial charge in [-0.15, -0.1) is 0 Å². The Bertz CT molecular complexity index is 493. The van der Waals surface area contributed by atoms with E-state index in [4.69, 9.17) is 23.2 Å². The molecule has 0 N–H and O–H groups in total. The molecule has 0 bridgehead atoms. The predicted octanol–water partition coefficient (Wildman–Crippen LogP) is 3.77. The number of halogens is 2. The van der Waals surface area contributed by atoms with E-state index >= 15 is 0 Å². The van der Waals surface area contributed by atoms with Crippen LogP contribution in [0.4, 0.5) is 0 Å². The fourth-order valence-corrected chi connectivity index (χ4v) is 3.33. The van der Waals surface area contributed by atoms with Crippen LogP contribution in [0.1, 0.15) is 0 Å². The molecule has 2 aromatic rings. The van der Waals surface area contributed by atoms with Gasteiger partial charge in [0.1, 0.15) is 0 Å². The zero-order valence-corrected chi connectivity index (χ0v) is 10.6. The zero-order valence-electron chi connectivity index (χ0n) is 8.23. The van der Waals surface area contributed by atoms with Gasteiger partial charge < -0.3 is 0 Å². The Kier molecular flexibility index (Phi) is 3.60. The Morgan fingerprint density at radius 3 is 1.50 bits per heavy atom. The largest absolute Gasteiger partial charge is 0.418 e. The molecular weight excluding hydrogens is 262 g/mol. The summed E-state index contributed by atoms with van der Waals surface area (Å²) >= 11 is 12.0. The van der Waals surface area contributed by atoms with Crippen molar-refractivity contribution in [1.29, 1.82) is 0 Å². The average Bonchev–Trinajstić information content (AvgIpc) is 2.29. The molecule has 0 aliphatic rings. The SMILES string of the molecule is O=[P+](c1ccccc1Cl)c1ccccc1Cl. The average molecular weight is 270 g/mol. The fraction of sp³-hybridized carbons (Fsp3) is 0. The van der Waals surface area contributed by atoms with Crippen molar-refractivity contribution in [2.75, 3.05) is 0 Å². The molecule has 0 atom stereocenters. The molecule has 4 heteroatoms. The van der Waals surface area contributed by atoms with Gasteiger partial charge in [0.2, 0.25) is 10.6 Å². The van der Waals surface area contributed by atoms with Crippen LogP contribution >= 0.6 is 31.0 Å². The van der Waals surface area contributed by atoms with Crippen LogP contribution in [0.2, 0.25) is 10.0 Å². The molecule has 0 radical (unpaired) electrons. The van der Waals surface area contributed by atoms with Gasteiger partial charge in [-0.1, -0.05) is 52.0 Å². The minimum Gasteiger partial charge on any atom is -0.0793 e. The lowest BCUT2D eigenvalue weighted by Gasteiger charge is -1.94. The molecule has 16 heavy (non-hydrogen) atoms. The number of rotatable bonds is 2. The lowest BCUT2D eigenvalue weighted by molar-refractivity contribution is 0.598. The molecule has 0 aliphatic heterocycles. The van der Waals surface area contributed by atoms with Crippen LogP contribution in [0.3, 0.4) is 0 Å². The van der Waals surface area contributed by atoms with Crippen molar-refractivity contribution in [2.24, 2.45) is 0 Å². The quantitative estimate of drug-likeness (QED) is 0.759. The van der Waals surface area contributed by atoms with Gasteiger partial charge in [0.05, 0.1) is 10.0 Å². The van der Waals surface area contributed by atoms with E-state index < -0.39 is 7.80 Å². The topological polar surface area (TPSA) is 17.1 Å². The van der Waals surface area contributed by atoms with Crippen molar-refractivity contribution in [3.8, 4) is 0 Å². The summed E-state index contributed by atoms with van der Waals surface area (Å²) in [6, 6.07) is 14.2. The van der Waals surface area contributed by atoms with E-state index in [1.54, 1.807) is 24.3 Å². The lowest BCUT2D eigenvalue weighted by Crippen LogP contribution is -2.08. The van der Waals surface area contributed by atoms with Crippen LogP contribution < -0.4 is 10.6 Å². The van der Waals surface area contributed by atoms with Gasteiger partial charge in [0.25, 0.3) is 0 Å². The van der Waals surface area contributed by atoms with Crippen LogP contribution in [0.25, 0.3) is 0 Å². The van der Waals surface area contributed by atoms with Gasteiger partial charge in [0.15, 0.2) is 0 Å². The van der Waals surface area contributed by atoms with E-state index in [-0.39, 0.29) is 0 Å². The molecule has 1 nitrogen and oxygen atoms in total. The minimum atomic E-state index is -1.73. The summed E-state index contributed by atoms with van der Waals surface area (Å²) in [6.07, 6.45) is 0. The standard InChI is InChI=1S/C12H8Cl2OP/c13-9-5-1-3-7-11(9)16(15)12-8-4-2-6-10(12)14/h1-8H/q+1. The summed E-state index contributed by atoms with van der Waals surface area (Å²) in [5, 5.41) is 2.24. The van der Waals surface area contributed by atoms with Crippen LogP contribution in [-0.4, -0.2) is 0 Å². The number of hydrogen-bond donors (Lipinski definition) is 0. The Morgan fingerprint density at radius 2 is 1.12 bits per heavy atom. The number of hydrogen-bond acceptors (Lipinski definition) is 1. The summed E-state index contributed by atoms with van der Waals surface area (Å²) in [7, 11) is -1.73. The summed E-state index contributed by atoms with van der Waals surface area (Å²) in [5.41, 5.74) is 0. The molecule has 0 aliphatic carbocycles. The maximum atomic E-state index is 12.3. The molecule has 0 amide bonds. The molecule has 0 heterocycles. The van der Waals surface area contributed by atoms with Crippen LogP contribution in [-0.2, 0) is 4.57 Å². The van der Waals surface area contributed by atoms with Gasteiger partial charge in [-0.05, 0) is 24.3 Å². The maximum Gasteiger partial charge on any atom is 0.418 e. The second-order valence-electron chi connectivity index (χ2n) is 3.20. The first-order chi connectivity index (χ1) is 7.70. The summed E-state index contributed by atoms with van der Waals surface area (Å²) in [4.78, 5) is 0. The highest BCUT2D eigenvalue weighted by molar-refractivity contribution is 7.62. The smallest absolute Gasteiger partial charge is 0.0793 e. The third kappa shape index (κ3) is 2.27. The van der Waals surface area contributed by atoms with Gasteiger partial charge in [-0.25, -0.2) is 0 Å². The first kappa shape index (κ1) is 11.6. The highest BCUT2D eigenvalue weighted by atomic mass is 35.5. The normalized spacial score (nSPS) is 10.1. The third-order valence-electron chi connectivity index (χ3n) is 2.14. The van der Waals surface area contributed by atoms with E-state index in [2.05, 4.69) is 0 Å². The van der Waals surface area contributed by atoms with E-state index in [1.807, 2.05) is 24.3 Å². The lowest BCUT2D eigenvalue weighted by atomic mass is 10.4. The molecular formula is C12H8Cl2OP+. The van der Waals surface area contributed by atoms with Crippen LogP contribution in [0, 0.1) is 0 Å². The monoisotopic (exact) mass is 269 g/mol. The maximum absolute atomic E-state index is 12.3. The predicted molar refractivity (Wildman–Crippen MR) is 69.8 cm³/mol. The summed E-state index contributed by atoms with van der Waals surface area (Å²) in [5.74, 6) is 0. The first-order valence-corrected chi connectivity index (χ1v) is 6.68. The molecule has 0 aromatic heterocycles. The van der Waals surface area contributed by atoms with Crippen molar-refractivity contribution < 1.29 is 4.57 Å². The van der Waals surface area contributed by atoms with Crippen molar-refractivity contribution in [2.45, 2.75) is 0 Å². The zero-order chi connectivity index (χ0) is 11.5. The molecule has 0 unspecified atom stereocenters. The van der Waals surface area contributed by atoms with E-state index in [1.165, 1.54) is 0 Å². The minimum absolute atomic E-state index is 0.503. The molecule has 2 aromatic carbocycles. The Balaban J connectivity index is 2.48. The summed E-state index contributed by atoms with van der Waals surface area (Å²) in [6.45, 7) is 0. The van der Waals surface area contributed by atoms with Crippen molar-refractivity contribution in [1.82, 2.24) is 0 Å². The highest BCUT2D eigenvalue weighted by Gasteiger charge is 2.28. The fourth-order valence-electron chi connectivity index (χ4n) is 1.36. The summed E-state index contributed by atoms with van der Waals surface area (Å²) < 4.78 is 12.3. The van der Waals surface area contributed by atoms with Crippen molar-refractivity contribution in [3.05, 3.63) is 58.6 Å². The van der Waals surface area contributed by atoms with Crippen molar-refractivity contribution >= 4 is 41.6 Å². The van der Waals surface area contributed by atoms with Crippen LogP contribution in [0.5, 0.6) is 0 Å². The molecule has 80 valence electrons. The Morgan fingerprint density at radius 1 is 0.750 bits per heavy atom. The second kappa shape index (κ2) is 4.97. The molecule has 0 fully saturated rings. The van der Waals surface area contributed by atoms with Gasteiger partial charge in [0, 0.05) is 0 Å². The Labute approximate surface area is 105 Å². The molecule has 0 saturated heterocycles. The molecule has 0 spiro atoms. The van der Waals surface area contributed by atoms with E-state index in [9.17, 15) is 4.57 Å². The molecule has 0 saturated carbocycles. The van der Waals surface area contributed by atoms with Gasteiger partial charge >= 0.3 is 7.80 Å². The van der Waals surface area contributed by atoms with E-state index in [0.717, 1.165) is 0 Å². The third-order valence-corrected chi connectivity index (χ3v) is 4.72. The van der Waals surface area contributed by atoms with Gasteiger partial charge in [-0.2, -0.15) is 0 Å². The van der Waals surface area contributed by atoms with Crippen molar-refractivity contribution in [3.63, 3.8) is 0 Å². The number of benzene rings is 2. The van der Waals surface area contributed by atoms with E-state index in [0.29, 0.717) is 20.7 Å². The molecule has 2 rings (SSSR count). The van der Waals surface area contributed by atoms with Gasteiger partial charge in [-0.3, -0.25) is 0 Å². The first-order valence-electron chi connectivity index (χ1n) is 4.66. The second-order valence-corrected chi connectivity index (χ2v) is 5.56. The van der Waals surface area contributed by atoms with Crippen LogP contribution in [0.15, 0.2) is 48.5 Å². The Hall–Kier alpha value is -0.880.